The van der Waals surface area contributed by atoms with Crippen LogP contribution in [-0.4, -0.2) is 17.4 Å². The second-order valence-corrected chi connectivity index (χ2v) is 3.31. The van der Waals surface area contributed by atoms with Crippen LogP contribution >= 0.6 is 0 Å². The van der Waals surface area contributed by atoms with Gasteiger partial charge in [-0.25, -0.2) is 0 Å². The maximum absolute atomic E-state index is 11.9. The molecular weight excluding hydrogens is 239 g/mol. The third-order valence-electron chi connectivity index (χ3n) is 1.87. The van der Waals surface area contributed by atoms with Crippen LogP contribution in [0, 0.1) is 0 Å². The van der Waals surface area contributed by atoms with Gasteiger partial charge in [-0.3, -0.25) is 4.79 Å². The molecule has 0 fully saturated rings. The van der Waals surface area contributed by atoms with Gasteiger partial charge in [-0.05, 0) is 17.7 Å². The monoisotopic (exact) mass is 249 g/mol. The number of carbonyl (C=O) groups is 1. The van der Waals surface area contributed by atoms with E-state index >= 15 is 0 Å². The number of amides is 1. The standard InChI is InChI=1S/C10H10F3NO3/c11-10(12,13)17-7-3-1-2-6(4-7)8(15)5-9(14)16/h1-4,8,15H,5H2,(H2,14,16). The Kier molecular flexibility index (Phi) is 3.95. The van der Waals surface area contributed by atoms with Crippen molar-refractivity contribution in [1.82, 2.24) is 0 Å². The smallest absolute Gasteiger partial charge is 0.406 e. The second-order valence-electron chi connectivity index (χ2n) is 3.31. The second kappa shape index (κ2) is 5.05. The number of hydrogen-bond donors (Lipinski definition) is 2. The third kappa shape index (κ3) is 4.73. The van der Waals surface area contributed by atoms with Crippen molar-refractivity contribution in [3.05, 3.63) is 29.8 Å². The molecular formula is C10H10F3NO3. The lowest BCUT2D eigenvalue weighted by Gasteiger charge is -2.12. The molecule has 17 heavy (non-hydrogen) atoms. The van der Waals surface area contributed by atoms with Gasteiger partial charge in [0.25, 0.3) is 0 Å². The van der Waals surface area contributed by atoms with Gasteiger partial charge in [0.2, 0.25) is 5.91 Å². The predicted molar refractivity (Wildman–Crippen MR) is 51.9 cm³/mol. The first-order valence-corrected chi connectivity index (χ1v) is 4.60. The molecule has 0 heterocycles. The van der Waals surface area contributed by atoms with Crippen LogP contribution in [0.4, 0.5) is 13.2 Å². The van der Waals surface area contributed by atoms with E-state index in [1.807, 2.05) is 0 Å². The maximum Gasteiger partial charge on any atom is 0.573 e. The van der Waals surface area contributed by atoms with Gasteiger partial charge in [-0.15, -0.1) is 13.2 Å². The normalized spacial score (nSPS) is 13.2. The van der Waals surface area contributed by atoms with Crippen LogP contribution in [0.25, 0.3) is 0 Å². The largest absolute Gasteiger partial charge is 0.573 e. The average Bonchev–Trinajstić information content (AvgIpc) is 2.14. The van der Waals surface area contributed by atoms with E-state index in [0.29, 0.717) is 0 Å². The Labute approximate surface area is 94.8 Å². The molecule has 0 saturated heterocycles. The molecule has 0 saturated carbocycles. The first kappa shape index (κ1) is 13.3. The Bertz CT molecular complexity index is 406. The summed E-state index contributed by atoms with van der Waals surface area (Å²) >= 11 is 0. The number of aliphatic hydroxyl groups excluding tert-OH is 1. The summed E-state index contributed by atoms with van der Waals surface area (Å²) in [7, 11) is 0. The van der Waals surface area contributed by atoms with Crippen LogP contribution in [0.3, 0.4) is 0 Å². The number of hydrogen-bond acceptors (Lipinski definition) is 3. The van der Waals surface area contributed by atoms with Gasteiger partial charge < -0.3 is 15.6 Å². The number of halogens is 3. The highest BCUT2D eigenvalue weighted by Crippen LogP contribution is 2.26. The molecule has 3 N–H and O–H groups in total. The van der Waals surface area contributed by atoms with Crippen molar-refractivity contribution in [2.75, 3.05) is 0 Å². The van der Waals surface area contributed by atoms with E-state index in [-0.39, 0.29) is 12.0 Å². The minimum atomic E-state index is -4.80. The number of primary amides is 1. The molecule has 1 aromatic carbocycles. The van der Waals surface area contributed by atoms with Crippen molar-refractivity contribution >= 4 is 5.91 Å². The number of nitrogens with two attached hydrogens (primary N) is 1. The van der Waals surface area contributed by atoms with Crippen molar-refractivity contribution in [3.8, 4) is 5.75 Å². The fraction of sp³-hybridized carbons (Fsp3) is 0.300. The first-order valence-electron chi connectivity index (χ1n) is 4.60. The van der Waals surface area contributed by atoms with E-state index in [1.54, 1.807) is 0 Å². The summed E-state index contributed by atoms with van der Waals surface area (Å²) in [6.07, 6.45) is -6.41. The van der Waals surface area contributed by atoms with Gasteiger partial charge in [-0.1, -0.05) is 12.1 Å². The Morgan fingerprint density at radius 3 is 2.65 bits per heavy atom. The number of benzene rings is 1. The summed E-state index contributed by atoms with van der Waals surface area (Å²) in [5.74, 6) is -1.21. The Morgan fingerprint density at radius 1 is 1.47 bits per heavy atom. The molecule has 0 aliphatic carbocycles. The molecule has 0 radical (unpaired) electrons. The quantitative estimate of drug-likeness (QED) is 0.849. The van der Waals surface area contributed by atoms with E-state index in [0.717, 1.165) is 12.1 Å². The topological polar surface area (TPSA) is 72.6 Å². The molecule has 1 aromatic rings. The van der Waals surface area contributed by atoms with Gasteiger partial charge >= 0.3 is 6.36 Å². The third-order valence-corrected chi connectivity index (χ3v) is 1.87. The van der Waals surface area contributed by atoms with Gasteiger partial charge in [0.15, 0.2) is 0 Å². The van der Waals surface area contributed by atoms with E-state index in [4.69, 9.17) is 5.73 Å². The van der Waals surface area contributed by atoms with Gasteiger partial charge in [0, 0.05) is 0 Å². The Balaban J connectivity index is 2.82. The Hall–Kier alpha value is -1.76. The zero-order valence-electron chi connectivity index (χ0n) is 8.57. The summed E-state index contributed by atoms with van der Waals surface area (Å²) in [5.41, 5.74) is 4.99. The number of aliphatic hydroxyl groups is 1. The summed E-state index contributed by atoms with van der Waals surface area (Å²) in [4.78, 5) is 10.5. The van der Waals surface area contributed by atoms with Crippen LogP contribution in [0.2, 0.25) is 0 Å². The summed E-state index contributed by atoms with van der Waals surface area (Å²) in [6, 6.07) is 4.74. The molecule has 1 unspecified atom stereocenters. The molecule has 1 atom stereocenters. The van der Waals surface area contributed by atoms with E-state index in [9.17, 15) is 23.1 Å². The van der Waals surface area contributed by atoms with E-state index in [2.05, 4.69) is 4.74 Å². The fourth-order valence-corrected chi connectivity index (χ4v) is 1.23. The van der Waals surface area contributed by atoms with Crippen molar-refractivity contribution in [2.24, 2.45) is 5.73 Å². The highest BCUT2D eigenvalue weighted by atomic mass is 19.4. The van der Waals surface area contributed by atoms with E-state index < -0.39 is 24.1 Å². The highest BCUT2D eigenvalue weighted by Gasteiger charge is 2.31. The highest BCUT2D eigenvalue weighted by molar-refractivity contribution is 5.74. The van der Waals surface area contributed by atoms with Gasteiger partial charge in [0.05, 0.1) is 12.5 Å². The fourth-order valence-electron chi connectivity index (χ4n) is 1.23. The lowest BCUT2D eigenvalue weighted by Crippen LogP contribution is -2.18. The van der Waals surface area contributed by atoms with Crippen molar-refractivity contribution in [1.29, 1.82) is 0 Å². The average molecular weight is 249 g/mol. The van der Waals surface area contributed by atoms with Gasteiger partial charge in [0.1, 0.15) is 5.75 Å². The first-order chi connectivity index (χ1) is 7.78. The summed E-state index contributed by atoms with van der Waals surface area (Å²) in [6.45, 7) is 0. The predicted octanol–water partition coefficient (Wildman–Crippen LogP) is 1.49. The molecule has 0 spiro atoms. The van der Waals surface area contributed by atoms with Gasteiger partial charge in [-0.2, -0.15) is 0 Å². The molecule has 4 nitrogen and oxygen atoms in total. The summed E-state index contributed by atoms with van der Waals surface area (Å²) < 4.78 is 39.4. The lowest BCUT2D eigenvalue weighted by molar-refractivity contribution is -0.274. The van der Waals surface area contributed by atoms with Crippen LogP contribution in [0.15, 0.2) is 24.3 Å². The molecule has 1 amide bonds. The van der Waals surface area contributed by atoms with Crippen LogP contribution in [-0.2, 0) is 4.79 Å². The molecule has 0 aromatic heterocycles. The molecule has 0 aliphatic rings. The van der Waals surface area contributed by atoms with Crippen LogP contribution in [0.5, 0.6) is 5.75 Å². The zero-order valence-corrected chi connectivity index (χ0v) is 8.57. The Morgan fingerprint density at radius 2 is 2.12 bits per heavy atom. The minimum absolute atomic E-state index is 0.130. The zero-order chi connectivity index (χ0) is 13.1. The van der Waals surface area contributed by atoms with Crippen molar-refractivity contribution in [3.63, 3.8) is 0 Å². The maximum atomic E-state index is 11.9. The van der Waals surface area contributed by atoms with Crippen molar-refractivity contribution < 1.29 is 27.8 Å². The van der Waals surface area contributed by atoms with Crippen LogP contribution < -0.4 is 10.5 Å². The lowest BCUT2D eigenvalue weighted by atomic mass is 10.1. The van der Waals surface area contributed by atoms with Crippen LogP contribution in [0.1, 0.15) is 18.1 Å². The van der Waals surface area contributed by atoms with Crippen molar-refractivity contribution in [2.45, 2.75) is 18.9 Å². The number of alkyl halides is 3. The van der Waals surface area contributed by atoms with E-state index in [1.165, 1.54) is 12.1 Å². The minimum Gasteiger partial charge on any atom is -0.406 e. The molecule has 7 heteroatoms. The number of carbonyl (C=O) groups excluding carboxylic acids is 1. The molecule has 1 rings (SSSR count). The summed E-state index contributed by atoms with van der Waals surface area (Å²) in [5, 5.41) is 9.48. The molecule has 94 valence electrons. The number of ether oxygens (including phenoxy) is 1. The number of rotatable bonds is 4. The molecule has 0 aliphatic heterocycles. The SMILES string of the molecule is NC(=O)CC(O)c1cccc(OC(F)(F)F)c1. The molecule has 0 bridgehead atoms.